The first-order chi connectivity index (χ1) is 9.36. The molecule has 0 N–H and O–H groups in total. The molecule has 1 aliphatic heterocycles. The third-order valence-electron chi connectivity index (χ3n) is 4.32. The van der Waals surface area contributed by atoms with E-state index in [4.69, 9.17) is 11.6 Å². The maximum Gasteiger partial charge on any atom is 0.0406 e. The Labute approximate surface area is 128 Å². The average molecular weight is 295 g/mol. The van der Waals surface area contributed by atoms with Gasteiger partial charge in [0.2, 0.25) is 0 Å². The highest BCUT2D eigenvalue weighted by atomic mass is 35.5. The SMILES string of the molecule is CN1CCN(C(Cc2ccc(Cl)cc2)C(C)(C)C)CC1. The van der Waals surface area contributed by atoms with E-state index in [0.717, 1.165) is 11.4 Å². The van der Waals surface area contributed by atoms with Gasteiger partial charge in [-0.15, -0.1) is 0 Å². The van der Waals surface area contributed by atoms with Gasteiger partial charge in [0.1, 0.15) is 0 Å². The maximum atomic E-state index is 5.99. The summed E-state index contributed by atoms with van der Waals surface area (Å²) < 4.78 is 0. The first-order valence-electron chi connectivity index (χ1n) is 7.53. The summed E-state index contributed by atoms with van der Waals surface area (Å²) in [7, 11) is 2.21. The molecule has 0 saturated carbocycles. The van der Waals surface area contributed by atoms with Crippen LogP contribution in [0.4, 0.5) is 0 Å². The molecule has 112 valence electrons. The number of halogens is 1. The topological polar surface area (TPSA) is 6.48 Å². The molecule has 0 radical (unpaired) electrons. The fourth-order valence-corrected chi connectivity index (χ4v) is 3.09. The van der Waals surface area contributed by atoms with Crippen molar-refractivity contribution in [2.45, 2.75) is 33.2 Å². The van der Waals surface area contributed by atoms with Crippen molar-refractivity contribution in [1.82, 2.24) is 9.80 Å². The second-order valence-corrected chi connectivity index (χ2v) is 7.49. The summed E-state index contributed by atoms with van der Waals surface area (Å²) in [4.78, 5) is 5.08. The van der Waals surface area contributed by atoms with E-state index in [-0.39, 0.29) is 5.41 Å². The van der Waals surface area contributed by atoms with Gasteiger partial charge >= 0.3 is 0 Å². The van der Waals surface area contributed by atoms with Gasteiger partial charge < -0.3 is 4.90 Å². The van der Waals surface area contributed by atoms with Crippen molar-refractivity contribution in [3.63, 3.8) is 0 Å². The summed E-state index contributed by atoms with van der Waals surface area (Å²) in [5.41, 5.74) is 1.67. The molecule has 0 aliphatic carbocycles. The first kappa shape index (κ1) is 15.8. The van der Waals surface area contributed by atoms with Crippen LogP contribution in [0, 0.1) is 5.41 Å². The van der Waals surface area contributed by atoms with Crippen molar-refractivity contribution in [1.29, 1.82) is 0 Å². The molecular weight excluding hydrogens is 268 g/mol. The van der Waals surface area contributed by atoms with E-state index >= 15 is 0 Å². The Balaban J connectivity index is 2.10. The Kier molecular flexibility index (Phi) is 5.11. The molecule has 1 aliphatic rings. The summed E-state index contributed by atoms with van der Waals surface area (Å²) in [5, 5.41) is 0.820. The molecule has 1 fully saturated rings. The van der Waals surface area contributed by atoms with Gasteiger partial charge in [-0.1, -0.05) is 44.5 Å². The predicted molar refractivity (Wildman–Crippen MR) is 87.5 cm³/mol. The molecule has 0 amide bonds. The van der Waals surface area contributed by atoms with Crippen LogP contribution in [0.5, 0.6) is 0 Å². The van der Waals surface area contributed by atoms with E-state index in [2.05, 4.69) is 49.8 Å². The van der Waals surface area contributed by atoms with Crippen LogP contribution in [-0.2, 0) is 6.42 Å². The van der Waals surface area contributed by atoms with Crippen LogP contribution in [-0.4, -0.2) is 49.1 Å². The van der Waals surface area contributed by atoms with Gasteiger partial charge in [-0.2, -0.15) is 0 Å². The molecule has 20 heavy (non-hydrogen) atoms. The fourth-order valence-electron chi connectivity index (χ4n) is 2.96. The van der Waals surface area contributed by atoms with Gasteiger partial charge in [-0.05, 0) is 36.6 Å². The van der Waals surface area contributed by atoms with Gasteiger partial charge in [0.05, 0.1) is 0 Å². The zero-order valence-electron chi connectivity index (χ0n) is 13.2. The van der Waals surface area contributed by atoms with Crippen molar-refractivity contribution in [3.8, 4) is 0 Å². The minimum Gasteiger partial charge on any atom is -0.304 e. The van der Waals surface area contributed by atoms with E-state index < -0.39 is 0 Å². The molecular formula is C17H27ClN2. The zero-order chi connectivity index (χ0) is 14.8. The monoisotopic (exact) mass is 294 g/mol. The number of hydrogen-bond donors (Lipinski definition) is 0. The van der Waals surface area contributed by atoms with Crippen LogP contribution >= 0.6 is 11.6 Å². The Morgan fingerprint density at radius 2 is 1.60 bits per heavy atom. The number of nitrogens with zero attached hydrogens (tertiary/aromatic N) is 2. The standard InChI is InChI=1S/C17H27ClN2/c1-17(2,3)16(20-11-9-19(4)10-12-20)13-14-5-7-15(18)8-6-14/h5-8,16H,9-13H2,1-4H3. The molecule has 2 nitrogen and oxygen atoms in total. The largest absolute Gasteiger partial charge is 0.304 e. The van der Waals surface area contributed by atoms with Crippen LogP contribution in [0.15, 0.2) is 24.3 Å². The predicted octanol–water partition coefficient (Wildman–Crippen LogP) is 3.54. The molecule has 1 aromatic carbocycles. The smallest absolute Gasteiger partial charge is 0.0406 e. The fraction of sp³-hybridized carbons (Fsp3) is 0.647. The maximum absolute atomic E-state index is 5.99. The van der Waals surface area contributed by atoms with E-state index in [1.807, 2.05) is 12.1 Å². The summed E-state index contributed by atoms with van der Waals surface area (Å²) in [6.07, 6.45) is 1.10. The summed E-state index contributed by atoms with van der Waals surface area (Å²) in [5.74, 6) is 0. The lowest BCUT2D eigenvalue weighted by Gasteiger charge is -2.44. The highest BCUT2D eigenvalue weighted by Gasteiger charge is 2.31. The molecule has 1 unspecified atom stereocenters. The number of rotatable bonds is 3. The number of benzene rings is 1. The van der Waals surface area contributed by atoms with Crippen LogP contribution in [0.3, 0.4) is 0 Å². The molecule has 2 rings (SSSR count). The lowest BCUT2D eigenvalue weighted by molar-refractivity contribution is 0.0538. The molecule has 0 aromatic heterocycles. The van der Waals surface area contributed by atoms with E-state index in [9.17, 15) is 0 Å². The average Bonchev–Trinajstić information content (AvgIpc) is 2.38. The second kappa shape index (κ2) is 6.46. The van der Waals surface area contributed by atoms with E-state index in [0.29, 0.717) is 6.04 Å². The van der Waals surface area contributed by atoms with Gasteiger partial charge in [0.25, 0.3) is 0 Å². The van der Waals surface area contributed by atoms with E-state index in [1.54, 1.807) is 0 Å². The summed E-state index contributed by atoms with van der Waals surface area (Å²) in [6.45, 7) is 11.8. The van der Waals surface area contributed by atoms with Crippen molar-refractivity contribution in [3.05, 3.63) is 34.9 Å². The highest BCUT2D eigenvalue weighted by Crippen LogP contribution is 2.28. The summed E-state index contributed by atoms with van der Waals surface area (Å²) in [6, 6.07) is 8.91. The second-order valence-electron chi connectivity index (χ2n) is 7.05. The van der Waals surface area contributed by atoms with Gasteiger partial charge in [-0.3, -0.25) is 4.90 Å². The van der Waals surface area contributed by atoms with E-state index in [1.165, 1.54) is 31.7 Å². The lowest BCUT2D eigenvalue weighted by atomic mass is 9.81. The Bertz CT molecular complexity index is 414. The molecule has 1 aromatic rings. The Hall–Kier alpha value is -0.570. The number of hydrogen-bond acceptors (Lipinski definition) is 2. The van der Waals surface area contributed by atoms with Crippen molar-refractivity contribution >= 4 is 11.6 Å². The van der Waals surface area contributed by atoms with Crippen LogP contribution in [0.25, 0.3) is 0 Å². The molecule has 1 atom stereocenters. The normalized spacial score (nSPS) is 20.1. The highest BCUT2D eigenvalue weighted by molar-refractivity contribution is 6.30. The van der Waals surface area contributed by atoms with Crippen molar-refractivity contribution in [2.75, 3.05) is 33.2 Å². The number of piperazine rings is 1. The Morgan fingerprint density at radius 3 is 2.10 bits per heavy atom. The molecule has 0 bridgehead atoms. The quantitative estimate of drug-likeness (QED) is 0.841. The molecule has 0 spiro atoms. The van der Waals surface area contributed by atoms with Crippen molar-refractivity contribution < 1.29 is 0 Å². The minimum absolute atomic E-state index is 0.287. The third kappa shape index (κ3) is 4.21. The third-order valence-corrected chi connectivity index (χ3v) is 4.57. The minimum atomic E-state index is 0.287. The first-order valence-corrected chi connectivity index (χ1v) is 7.91. The van der Waals surface area contributed by atoms with Gasteiger partial charge in [0, 0.05) is 37.2 Å². The van der Waals surface area contributed by atoms with Gasteiger partial charge in [-0.25, -0.2) is 0 Å². The van der Waals surface area contributed by atoms with Crippen LogP contribution in [0.2, 0.25) is 5.02 Å². The molecule has 1 saturated heterocycles. The van der Waals surface area contributed by atoms with Gasteiger partial charge in [0.15, 0.2) is 0 Å². The molecule has 3 heteroatoms. The summed E-state index contributed by atoms with van der Waals surface area (Å²) >= 11 is 5.99. The van der Waals surface area contributed by atoms with Crippen LogP contribution in [0.1, 0.15) is 26.3 Å². The zero-order valence-corrected chi connectivity index (χ0v) is 14.0. The lowest BCUT2D eigenvalue weighted by Crippen LogP contribution is -2.53. The van der Waals surface area contributed by atoms with Crippen molar-refractivity contribution in [2.24, 2.45) is 5.41 Å². The Morgan fingerprint density at radius 1 is 1.05 bits per heavy atom. The number of likely N-dealkylation sites (N-methyl/N-ethyl adjacent to an activating group) is 1. The van der Waals surface area contributed by atoms with Crippen LogP contribution < -0.4 is 0 Å². The molecule has 1 heterocycles.